The molecule has 0 aliphatic carbocycles. The van der Waals surface area contributed by atoms with Crippen molar-refractivity contribution in [1.29, 1.82) is 0 Å². The highest BCUT2D eigenvalue weighted by molar-refractivity contribution is 6.08. The summed E-state index contributed by atoms with van der Waals surface area (Å²) >= 11 is 0. The average Bonchev–Trinajstić information content (AvgIpc) is 2.91. The second-order valence-corrected chi connectivity index (χ2v) is 7.05. The predicted molar refractivity (Wildman–Crippen MR) is 109 cm³/mol. The number of non-ortho nitro benzene ring substituents is 1. The number of hydrogen-bond acceptors (Lipinski definition) is 7. The molecule has 0 radical (unpaired) electrons. The Kier molecular flexibility index (Phi) is 5.68. The molecule has 1 heterocycles. The number of hydrazone groups is 1. The molecule has 2 aromatic rings. The van der Waals surface area contributed by atoms with Crippen molar-refractivity contribution in [2.45, 2.75) is 19.0 Å². The van der Waals surface area contributed by atoms with Crippen LogP contribution in [-0.2, 0) is 21.7 Å². The second kappa shape index (κ2) is 8.22. The molecule has 3 rings (SSSR count). The molecule has 3 amide bonds. The van der Waals surface area contributed by atoms with Gasteiger partial charge in [-0.15, -0.1) is 0 Å². The molecule has 0 spiro atoms. The van der Waals surface area contributed by atoms with Crippen molar-refractivity contribution < 1.29 is 24.4 Å². The number of nitrogens with zero attached hydrogens (tertiary/aromatic N) is 4. The maximum atomic E-state index is 13.2. The Balaban J connectivity index is 2.03. The first-order valence-electron chi connectivity index (χ1n) is 9.11. The lowest BCUT2D eigenvalue weighted by Gasteiger charge is -2.32. The highest BCUT2D eigenvalue weighted by Crippen LogP contribution is 2.38. The number of nitro benzene ring substituents is 1. The van der Waals surface area contributed by atoms with Crippen LogP contribution in [0.5, 0.6) is 0 Å². The number of rotatable bonds is 7. The number of benzene rings is 2. The fourth-order valence-electron chi connectivity index (χ4n) is 3.47. The van der Waals surface area contributed by atoms with E-state index in [-0.39, 0.29) is 12.2 Å². The van der Waals surface area contributed by atoms with E-state index in [9.17, 15) is 24.5 Å². The van der Waals surface area contributed by atoms with Crippen LogP contribution in [0.4, 0.5) is 10.5 Å². The van der Waals surface area contributed by atoms with Gasteiger partial charge in [0.25, 0.3) is 11.6 Å². The van der Waals surface area contributed by atoms with E-state index in [4.69, 9.17) is 10.9 Å². The fourth-order valence-corrected chi connectivity index (χ4v) is 3.47. The minimum Gasteiger partial charge on any atom is -0.480 e. The number of nitrogens with two attached hydrogens (primary N) is 1. The quantitative estimate of drug-likeness (QED) is 0.224. The zero-order valence-corrected chi connectivity index (χ0v) is 16.5. The molecular weight excluding hydrogens is 406 g/mol. The van der Waals surface area contributed by atoms with Gasteiger partial charge in [-0.1, -0.05) is 36.4 Å². The van der Waals surface area contributed by atoms with Gasteiger partial charge in [0.15, 0.2) is 0 Å². The van der Waals surface area contributed by atoms with E-state index >= 15 is 0 Å². The standard InChI is InChI=1S/C20H19N5O6/c1-20(15-6-2-13(3-7-15)10-22-21)18(28)23(12-17(26)27)19(29)24(20)11-14-4-8-16(9-5-14)25(30)31/h2-10H,11-12,21H2,1H3,(H,26,27)/t20-/m0/s1. The van der Waals surface area contributed by atoms with Crippen LogP contribution in [-0.4, -0.2) is 50.5 Å². The topological polar surface area (TPSA) is 159 Å². The molecule has 0 aromatic heterocycles. The normalized spacial score (nSPS) is 18.7. The molecule has 1 aliphatic rings. The van der Waals surface area contributed by atoms with Gasteiger partial charge < -0.3 is 15.8 Å². The number of nitro groups is 1. The summed E-state index contributed by atoms with van der Waals surface area (Å²) in [6, 6.07) is 11.4. The molecule has 1 saturated heterocycles. The fraction of sp³-hybridized carbons (Fsp3) is 0.200. The van der Waals surface area contributed by atoms with Crippen molar-refractivity contribution >= 4 is 29.8 Å². The molecule has 160 valence electrons. The molecule has 31 heavy (non-hydrogen) atoms. The molecule has 1 aliphatic heterocycles. The van der Waals surface area contributed by atoms with Gasteiger partial charge in [-0.2, -0.15) is 5.10 Å². The van der Waals surface area contributed by atoms with Crippen molar-refractivity contribution in [2.75, 3.05) is 6.54 Å². The Labute approximate surface area is 176 Å². The molecule has 1 fully saturated rings. The first kappa shape index (κ1) is 21.4. The highest BCUT2D eigenvalue weighted by Gasteiger charge is 2.55. The number of carbonyl (C=O) groups excluding carboxylic acids is 2. The van der Waals surface area contributed by atoms with Crippen LogP contribution in [0.15, 0.2) is 53.6 Å². The van der Waals surface area contributed by atoms with Gasteiger partial charge in [0.1, 0.15) is 12.1 Å². The van der Waals surface area contributed by atoms with Crippen molar-refractivity contribution in [1.82, 2.24) is 9.80 Å². The lowest BCUT2D eigenvalue weighted by Crippen LogP contribution is -2.44. The molecule has 2 aromatic carbocycles. The van der Waals surface area contributed by atoms with E-state index in [1.54, 1.807) is 24.3 Å². The zero-order valence-electron chi connectivity index (χ0n) is 16.5. The number of carboxylic acids is 1. The van der Waals surface area contributed by atoms with Crippen LogP contribution in [0.1, 0.15) is 23.6 Å². The number of urea groups is 1. The summed E-state index contributed by atoms with van der Waals surface area (Å²) in [7, 11) is 0. The largest absolute Gasteiger partial charge is 0.480 e. The number of hydrogen-bond donors (Lipinski definition) is 2. The summed E-state index contributed by atoms with van der Waals surface area (Å²) < 4.78 is 0. The smallest absolute Gasteiger partial charge is 0.328 e. The average molecular weight is 425 g/mol. The molecule has 0 saturated carbocycles. The maximum absolute atomic E-state index is 13.2. The van der Waals surface area contributed by atoms with Gasteiger partial charge in [-0.3, -0.25) is 24.6 Å². The maximum Gasteiger partial charge on any atom is 0.328 e. The summed E-state index contributed by atoms with van der Waals surface area (Å²) in [6.07, 6.45) is 1.42. The minimum atomic E-state index is -1.48. The molecular formula is C20H19N5O6. The van der Waals surface area contributed by atoms with E-state index in [2.05, 4.69) is 5.10 Å². The number of amides is 3. The third-order valence-corrected chi connectivity index (χ3v) is 5.14. The van der Waals surface area contributed by atoms with Crippen LogP contribution in [0, 0.1) is 10.1 Å². The summed E-state index contributed by atoms with van der Waals surface area (Å²) in [4.78, 5) is 49.7. The number of imide groups is 1. The van der Waals surface area contributed by atoms with Gasteiger partial charge in [0.2, 0.25) is 0 Å². The van der Waals surface area contributed by atoms with Crippen molar-refractivity contribution in [3.8, 4) is 0 Å². The molecule has 0 unspecified atom stereocenters. The van der Waals surface area contributed by atoms with Gasteiger partial charge in [0.05, 0.1) is 11.1 Å². The van der Waals surface area contributed by atoms with Gasteiger partial charge in [-0.25, -0.2) is 4.79 Å². The van der Waals surface area contributed by atoms with Crippen LogP contribution >= 0.6 is 0 Å². The molecule has 11 nitrogen and oxygen atoms in total. The Morgan fingerprint density at radius 2 is 1.81 bits per heavy atom. The molecule has 11 heteroatoms. The van der Waals surface area contributed by atoms with Gasteiger partial charge >= 0.3 is 12.0 Å². The summed E-state index contributed by atoms with van der Waals surface area (Å²) in [5, 5.41) is 23.5. The second-order valence-electron chi connectivity index (χ2n) is 7.05. The number of aliphatic carboxylic acids is 1. The van der Waals surface area contributed by atoms with Crippen LogP contribution in [0.25, 0.3) is 0 Å². The lowest BCUT2D eigenvalue weighted by molar-refractivity contribution is -0.384. The molecule has 3 N–H and O–H groups in total. The monoisotopic (exact) mass is 425 g/mol. The Morgan fingerprint density at radius 1 is 1.19 bits per heavy atom. The van der Waals surface area contributed by atoms with Gasteiger partial charge in [0, 0.05) is 18.7 Å². The number of carbonyl (C=O) groups is 3. The third kappa shape index (κ3) is 3.92. The molecule has 0 bridgehead atoms. The first-order chi connectivity index (χ1) is 14.7. The van der Waals surface area contributed by atoms with E-state index in [1.165, 1.54) is 42.3 Å². The predicted octanol–water partition coefficient (Wildman–Crippen LogP) is 1.65. The lowest BCUT2D eigenvalue weighted by atomic mass is 9.89. The summed E-state index contributed by atoms with van der Waals surface area (Å²) in [5.74, 6) is 3.14. The summed E-state index contributed by atoms with van der Waals surface area (Å²) in [5.41, 5.74) is 0.0972. The van der Waals surface area contributed by atoms with Crippen molar-refractivity contribution in [2.24, 2.45) is 10.9 Å². The van der Waals surface area contributed by atoms with Crippen molar-refractivity contribution in [3.63, 3.8) is 0 Å². The van der Waals surface area contributed by atoms with Crippen LogP contribution in [0.3, 0.4) is 0 Å². The van der Waals surface area contributed by atoms with Gasteiger partial charge in [-0.05, 0) is 23.6 Å². The van der Waals surface area contributed by atoms with E-state index in [1.807, 2.05) is 0 Å². The highest BCUT2D eigenvalue weighted by atomic mass is 16.6. The Bertz CT molecular complexity index is 1070. The van der Waals surface area contributed by atoms with E-state index in [0.29, 0.717) is 21.6 Å². The van der Waals surface area contributed by atoms with Crippen LogP contribution < -0.4 is 5.84 Å². The first-order valence-corrected chi connectivity index (χ1v) is 9.11. The SMILES string of the molecule is C[C@]1(c2ccc(C=NN)cc2)C(=O)N(CC(=O)O)C(=O)N1Cc1ccc([N+](=O)[O-])cc1. The Morgan fingerprint density at radius 3 is 2.32 bits per heavy atom. The molecule has 1 atom stereocenters. The van der Waals surface area contributed by atoms with E-state index in [0.717, 1.165) is 0 Å². The minimum absolute atomic E-state index is 0.0544. The third-order valence-electron chi connectivity index (χ3n) is 5.14. The zero-order chi connectivity index (χ0) is 22.8. The van der Waals surface area contributed by atoms with Crippen molar-refractivity contribution in [3.05, 3.63) is 75.3 Å². The van der Waals surface area contributed by atoms with E-state index < -0.39 is 34.9 Å². The number of carboxylic acid groups (broad SMARTS) is 1. The van der Waals surface area contributed by atoms with Crippen LogP contribution in [0.2, 0.25) is 0 Å². The summed E-state index contributed by atoms with van der Waals surface area (Å²) in [6.45, 7) is 0.704. The Hall–Kier alpha value is -4.28.